The summed E-state index contributed by atoms with van der Waals surface area (Å²) in [5.41, 5.74) is -1.37. The molecule has 0 aromatic carbocycles. The van der Waals surface area contributed by atoms with Gasteiger partial charge in [-0.25, -0.2) is 0 Å². The molecular formula is C23H38O6. The molecular weight excluding hydrogens is 372 g/mol. The Kier molecular flexibility index (Phi) is 12.6. The molecule has 1 atom stereocenters. The molecule has 1 saturated carbocycles. The van der Waals surface area contributed by atoms with Crippen molar-refractivity contribution in [2.45, 2.75) is 64.2 Å². The maximum Gasteiger partial charge on any atom is 0.324 e. The van der Waals surface area contributed by atoms with Crippen LogP contribution in [-0.2, 0) is 19.1 Å². The molecule has 2 N–H and O–H groups in total. The summed E-state index contributed by atoms with van der Waals surface area (Å²) in [4.78, 5) is 26.1. The Labute approximate surface area is 175 Å². The van der Waals surface area contributed by atoms with E-state index in [-0.39, 0.29) is 19.1 Å². The minimum atomic E-state index is -1.37. The second-order valence-electron chi connectivity index (χ2n) is 7.68. The van der Waals surface area contributed by atoms with Gasteiger partial charge in [0.25, 0.3) is 0 Å². The lowest BCUT2D eigenvalue weighted by Crippen LogP contribution is -2.51. The van der Waals surface area contributed by atoms with Crippen LogP contribution in [0, 0.1) is 17.3 Å². The molecule has 1 rings (SSSR count). The number of hydrogen-bond acceptors (Lipinski definition) is 6. The van der Waals surface area contributed by atoms with Crippen molar-refractivity contribution in [3.05, 3.63) is 24.3 Å². The molecule has 6 heteroatoms. The summed E-state index contributed by atoms with van der Waals surface area (Å²) in [5.74, 6) is -1.59. The molecule has 0 amide bonds. The number of carbonyl (C=O) groups is 2. The van der Waals surface area contributed by atoms with E-state index in [4.69, 9.17) is 19.7 Å². The van der Waals surface area contributed by atoms with Gasteiger partial charge in [0.1, 0.15) is 0 Å². The van der Waals surface area contributed by atoms with Crippen molar-refractivity contribution in [2.75, 3.05) is 27.4 Å². The zero-order chi connectivity index (χ0) is 21.5. The molecule has 0 aromatic heterocycles. The van der Waals surface area contributed by atoms with E-state index in [1.807, 2.05) is 18.2 Å². The van der Waals surface area contributed by atoms with Crippen LogP contribution >= 0.6 is 0 Å². The fourth-order valence-corrected chi connectivity index (χ4v) is 4.46. The molecule has 1 aliphatic rings. The van der Waals surface area contributed by atoms with Gasteiger partial charge in [-0.1, -0.05) is 50.0 Å². The van der Waals surface area contributed by atoms with E-state index in [9.17, 15) is 9.59 Å². The number of unbranched alkanes of at least 4 members (excludes halogenated alkanes) is 4. The molecule has 0 aromatic rings. The third-order valence-electron chi connectivity index (χ3n) is 5.94. The molecule has 1 fully saturated rings. The normalized spacial score (nSPS) is 16.6. The Balaban J connectivity index is 3.15. The van der Waals surface area contributed by atoms with Gasteiger partial charge in [0.15, 0.2) is 5.41 Å². The van der Waals surface area contributed by atoms with Gasteiger partial charge >= 0.3 is 11.9 Å². The van der Waals surface area contributed by atoms with Crippen LogP contribution in [0.15, 0.2) is 24.3 Å². The van der Waals surface area contributed by atoms with Crippen molar-refractivity contribution in [1.82, 2.24) is 0 Å². The van der Waals surface area contributed by atoms with Crippen LogP contribution in [0.3, 0.4) is 0 Å². The van der Waals surface area contributed by atoms with Gasteiger partial charge in [-0.2, -0.15) is 0 Å². The Bertz CT molecular complexity index is 517. The van der Waals surface area contributed by atoms with Gasteiger partial charge in [-0.3, -0.25) is 9.59 Å². The highest BCUT2D eigenvalue weighted by Gasteiger charge is 2.58. The molecule has 166 valence electrons. The lowest BCUT2D eigenvalue weighted by atomic mass is 9.64. The van der Waals surface area contributed by atoms with Crippen molar-refractivity contribution in [2.24, 2.45) is 17.3 Å². The van der Waals surface area contributed by atoms with Crippen molar-refractivity contribution in [1.29, 1.82) is 0 Å². The second-order valence-corrected chi connectivity index (χ2v) is 7.68. The molecule has 0 saturated heterocycles. The van der Waals surface area contributed by atoms with Gasteiger partial charge < -0.3 is 19.7 Å². The van der Waals surface area contributed by atoms with Crippen LogP contribution in [0.1, 0.15) is 64.2 Å². The Morgan fingerprint density at radius 2 is 1.59 bits per heavy atom. The first-order valence-corrected chi connectivity index (χ1v) is 10.8. The molecule has 0 bridgehead atoms. The van der Waals surface area contributed by atoms with Crippen LogP contribution in [0.2, 0.25) is 0 Å². The second kappa shape index (κ2) is 14.3. The lowest BCUT2D eigenvalue weighted by molar-refractivity contribution is -0.177. The van der Waals surface area contributed by atoms with Crippen molar-refractivity contribution < 1.29 is 29.3 Å². The number of methoxy groups -OCH3 is 2. The molecule has 6 nitrogen and oxygen atoms in total. The summed E-state index contributed by atoms with van der Waals surface area (Å²) < 4.78 is 10.3. The zero-order valence-corrected chi connectivity index (χ0v) is 18.0. The van der Waals surface area contributed by atoms with E-state index in [0.717, 1.165) is 57.8 Å². The SMILES string of the molecule is COC(=O)C(C(=O)OC)(C1CCCC1)[C@H](C=CCCCCCCO)C/C=C/CO. The van der Waals surface area contributed by atoms with E-state index in [2.05, 4.69) is 0 Å². The molecule has 0 heterocycles. The van der Waals surface area contributed by atoms with Crippen molar-refractivity contribution in [3.8, 4) is 0 Å². The first kappa shape index (κ1) is 25.4. The largest absolute Gasteiger partial charge is 0.468 e. The van der Waals surface area contributed by atoms with E-state index in [1.54, 1.807) is 6.08 Å². The van der Waals surface area contributed by atoms with E-state index in [0.29, 0.717) is 6.42 Å². The van der Waals surface area contributed by atoms with Gasteiger partial charge in [0.05, 0.1) is 20.8 Å². The highest BCUT2D eigenvalue weighted by Crippen LogP contribution is 2.49. The quantitative estimate of drug-likeness (QED) is 0.197. The van der Waals surface area contributed by atoms with E-state index >= 15 is 0 Å². The minimum Gasteiger partial charge on any atom is -0.468 e. The van der Waals surface area contributed by atoms with Gasteiger partial charge in [-0.05, 0) is 44.4 Å². The van der Waals surface area contributed by atoms with E-state index in [1.165, 1.54) is 14.2 Å². The smallest absolute Gasteiger partial charge is 0.324 e. The number of allylic oxidation sites excluding steroid dienone is 3. The van der Waals surface area contributed by atoms with Gasteiger partial charge in [0, 0.05) is 12.5 Å². The van der Waals surface area contributed by atoms with Crippen LogP contribution in [0.4, 0.5) is 0 Å². The van der Waals surface area contributed by atoms with Gasteiger partial charge in [0.2, 0.25) is 0 Å². The van der Waals surface area contributed by atoms with E-state index < -0.39 is 23.3 Å². The molecule has 1 aliphatic carbocycles. The van der Waals surface area contributed by atoms with Crippen LogP contribution in [0.5, 0.6) is 0 Å². The number of carbonyl (C=O) groups excluding carboxylic acids is 2. The average Bonchev–Trinajstić information content (AvgIpc) is 3.27. The van der Waals surface area contributed by atoms with Crippen LogP contribution < -0.4 is 0 Å². The summed E-state index contributed by atoms with van der Waals surface area (Å²) in [6, 6.07) is 0. The average molecular weight is 411 g/mol. The number of aliphatic hydroxyl groups excluding tert-OH is 2. The van der Waals surface area contributed by atoms with Crippen LogP contribution in [-0.4, -0.2) is 49.6 Å². The number of rotatable bonds is 14. The lowest BCUT2D eigenvalue weighted by Gasteiger charge is -2.38. The number of aliphatic hydroxyl groups is 2. The third-order valence-corrected chi connectivity index (χ3v) is 5.94. The summed E-state index contributed by atoms with van der Waals surface area (Å²) in [6.07, 6.45) is 16.1. The first-order chi connectivity index (χ1) is 14.1. The van der Waals surface area contributed by atoms with Crippen molar-refractivity contribution in [3.63, 3.8) is 0 Å². The number of esters is 2. The minimum absolute atomic E-state index is 0.0891. The highest BCUT2D eigenvalue weighted by atomic mass is 16.5. The standard InChI is InChI=1S/C23H38O6/c1-28-21(26)23(22(27)29-2,20-14-8-9-15-20)19(16-10-12-18-25)13-7-5-3-4-6-11-17-24/h7,10,12-13,19-20,24-25H,3-6,8-9,11,14-18H2,1-2H3/b12-10+,13-7?/t19-/m1/s1. The summed E-state index contributed by atoms with van der Waals surface area (Å²) in [7, 11) is 2.64. The summed E-state index contributed by atoms with van der Waals surface area (Å²) in [5, 5.41) is 18.0. The predicted octanol–water partition coefficient (Wildman–Crippen LogP) is 3.56. The maximum atomic E-state index is 13.0. The fourth-order valence-electron chi connectivity index (χ4n) is 4.46. The van der Waals surface area contributed by atoms with Crippen molar-refractivity contribution >= 4 is 11.9 Å². The highest BCUT2D eigenvalue weighted by molar-refractivity contribution is 6.01. The Morgan fingerprint density at radius 1 is 0.966 bits per heavy atom. The third kappa shape index (κ3) is 6.96. The predicted molar refractivity (Wildman–Crippen MR) is 112 cm³/mol. The van der Waals surface area contributed by atoms with Gasteiger partial charge in [-0.15, -0.1) is 0 Å². The molecule has 29 heavy (non-hydrogen) atoms. The molecule has 0 spiro atoms. The molecule has 0 radical (unpaired) electrons. The Morgan fingerprint density at radius 3 is 2.14 bits per heavy atom. The monoisotopic (exact) mass is 410 g/mol. The van der Waals surface area contributed by atoms with Crippen LogP contribution in [0.25, 0.3) is 0 Å². The maximum absolute atomic E-state index is 13.0. The number of ether oxygens (including phenoxy) is 2. The summed E-state index contributed by atoms with van der Waals surface area (Å²) in [6.45, 7) is 0.130. The Hall–Kier alpha value is -1.66. The zero-order valence-electron chi connectivity index (χ0n) is 18.0. The fraction of sp³-hybridized carbons (Fsp3) is 0.739. The topological polar surface area (TPSA) is 93.1 Å². The molecule has 0 unspecified atom stereocenters. The first-order valence-electron chi connectivity index (χ1n) is 10.8. The molecule has 0 aliphatic heterocycles. The summed E-state index contributed by atoms with van der Waals surface area (Å²) >= 11 is 0. The number of hydrogen-bond donors (Lipinski definition) is 2.